The van der Waals surface area contributed by atoms with Gasteiger partial charge in [0.2, 0.25) is 0 Å². The van der Waals surface area contributed by atoms with Crippen molar-refractivity contribution in [3.63, 3.8) is 0 Å². The second-order valence-corrected chi connectivity index (χ2v) is 7.25. The molecule has 2 aromatic carbocycles. The van der Waals surface area contributed by atoms with Crippen LogP contribution in [-0.4, -0.2) is 29.9 Å². The van der Waals surface area contributed by atoms with E-state index in [1.54, 1.807) is 32.2 Å². The number of methoxy groups -OCH3 is 1. The monoisotopic (exact) mass is 436 g/mol. The standard InChI is InChI=1S/C15H14O4.C10H10O3/c1-8-3-4-10-12(18-7-8)6-13-14(15(10)17)11(16)5-9(2)19-13;1-13-9-5-3-2-4-8(9)6-7-10(11)12/h3,5-6,17H,4,7H2,1-2H3;2-7H,1H3,(H,11,12). The summed E-state index contributed by atoms with van der Waals surface area (Å²) in [4.78, 5) is 22.2. The molecule has 2 N–H and O–H groups in total. The zero-order valence-electron chi connectivity index (χ0n) is 18.0. The average Bonchev–Trinajstić information content (AvgIpc) is 2.94. The van der Waals surface area contributed by atoms with Gasteiger partial charge in [-0.3, -0.25) is 4.79 Å². The highest BCUT2D eigenvalue weighted by molar-refractivity contribution is 5.87. The first-order valence-electron chi connectivity index (χ1n) is 9.92. The highest BCUT2D eigenvalue weighted by Gasteiger charge is 2.19. The van der Waals surface area contributed by atoms with Gasteiger partial charge >= 0.3 is 5.97 Å². The van der Waals surface area contributed by atoms with Gasteiger partial charge in [-0.2, -0.15) is 0 Å². The number of para-hydroxylation sites is 1. The second-order valence-electron chi connectivity index (χ2n) is 7.25. The fourth-order valence-electron chi connectivity index (χ4n) is 3.26. The summed E-state index contributed by atoms with van der Waals surface area (Å²) in [6.45, 7) is 4.15. The molecule has 0 amide bonds. The van der Waals surface area contributed by atoms with Crippen molar-refractivity contribution < 1.29 is 28.9 Å². The number of phenols is 1. The molecule has 0 atom stereocenters. The molecule has 32 heavy (non-hydrogen) atoms. The molecule has 0 fully saturated rings. The van der Waals surface area contributed by atoms with Crippen molar-refractivity contribution in [3.05, 3.63) is 81.2 Å². The summed E-state index contributed by atoms with van der Waals surface area (Å²) < 4.78 is 16.2. The number of ether oxygens (including phenoxy) is 2. The van der Waals surface area contributed by atoms with E-state index in [2.05, 4.69) is 0 Å². The number of carboxylic acids is 1. The molecule has 0 unspecified atom stereocenters. The minimum absolute atomic E-state index is 0.0350. The summed E-state index contributed by atoms with van der Waals surface area (Å²) in [6, 6.07) is 10.3. The van der Waals surface area contributed by atoms with Crippen LogP contribution >= 0.6 is 0 Å². The third-order valence-corrected chi connectivity index (χ3v) is 4.83. The summed E-state index contributed by atoms with van der Waals surface area (Å²) in [6.07, 6.45) is 5.13. The molecule has 0 spiro atoms. The van der Waals surface area contributed by atoms with E-state index < -0.39 is 5.97 Å². The number of fused-ring (bicyclic) bond motifs is 2. The van der Waals surface area contributed by atoms with Gasteiger partial charge in [0.15, 0.2) is 5.43 Å². The Balaban J connectivity index is 0.000000195. The lowest BCUT2D eigenvalue weighted by Gasteiger charge is -2.11. The highest BCUT2D eigenvalue weighted by atomic mass is 16.5. The molecule has 2 heterocycles. The Bertz CT molecular complexity index is 1270. The van der Waals surface area contributed by atoms with Crippen LogP contribution in [0.1, 0.15) is 23.8 Å². The topological polar surface area (TPSA) is 106 Å². The third-order valence-electron chi connectivity index (χ3n) is 4.83. The van der Waals surface area contributed by atoms with Gasteiger partial charge in [0.1, 0.15) is 40.6 Å². The maximum Gasteiger partial charge on any atom is 0.328 e. The molecular weight excluding hydrogens is 412 g/mol. The van der Waals surface area contributed by atoms with Crippen LogP contribution in [0.25, 0.3) is 17.0 Å². The van der Waals surface area contributed by atoms with Crippen molar-refractivity contribution in [1.29, 1.82) is 0 Å². The summed E-state index contributed by atoms with van der Waals surface area (Å²) in [5, 5.41) is 18.9. The second kappa shape index (κ2) is 9.87. The summed E-state index contributed by atoms with van der Waals surface area (Å²) in [7, 11) is 1.55. The van der Waals surface area contributed by atoms with Crippen LogP contribution in [0.3, 0.4) is 0 Å². The Labute approximate surface area is 184 Å². The van der Waals surface area contributed by atoms with Crippen molar-refractivity contribution in [2.24, 2.45) is 0 Å². The average molecular weight is 436 g/mol. The summed E-state index contributed by atoms with van der Waals surface area (Å²) in [5.41, 5.74) is 2.62. The molecular formula is C25H24O7. The largest absolute Gasteiger partial charge is 0.507 e. The molecule has 0 aliphatic carbocycles. The quantitative estimate of drug-likeness (QED) is 0.460. The molecule has 1 aromatic heterocycles. The van der Waals surface area contributed by atoms with E-state index in [0.717, 1.165) is 17.2 Å². The SMILES string of the molecule is CC1=CCc2c(cc3oc(C)cc(=O)c3c2O)OC1.COc1ccccc1C=CC(=O)O. The molecule has 0 saturated heterocycles. The zero-order valence-corrected chi connectivity index (χ0v) is 18.0. The fourth-order valence-corrected chi connectivity index (χ4v) is 3.26. The number of carbonyl (C=O) groups is 1. The van der Waals surface area contributed by atoms with E-state index in [9.17, 15) is 14.7 Å². The minimum Gasteiger partial charge on any atom is -0.507 e. The van der Waals surface area contributed by atoms with Gasteiger partial charge in [0, 0.05) is 29.3 Å². The van der Waals surface area contributed by atoms with Gasteiger partial charge in [-0.25, -0.2) is 4.79 Å². The molecule has 7 nitrogen and oxygen atoms in total. The maximum absolute atomic E-state index is 12.0. The Morgan fingerprint density at radius 3 is 2.66 bits per heavy atom. The first-order chi connectivity index (χ1) is 15.3. The smallest absolute Gasteiger partial charge is 0.328 e. The lowest BCUT2D eigenvalue weighted by Crippen LogP contribution is -2.04. The van der Waals surface area contributed by atoms with E-state index in [1.807, 2.05) is 25.1 Å². The minimum atomic E-state index is -0.967. The summed E-state index contributed by atoms with van der Waals surface area (Å²) >= 11 is 0. The molecule has 0 radical (unpaired) electrons. The molecule has 3 aromatic rings. The van der Waals surface area contributed by atoms with Gasteiger partial charge in [0.25, 0.3) is 0 Å². The number of hydrogen-bond donors (Lipinski definition) is 2. The first kappa shape index (κ1) is 22.7. The van der Waals surface area contributed by atoms with E-state index in [0.29, 0.717) is 41.4 Å². The number of phenolic OH excluding ortho intramolecular Hbond substituents is 1. The fraction of sp³-hybridized carbons (Fsp3) is 0.200. The van der Waals surface area contributed by atoms with Gasteiger partial charge in [-0.05, 0) is 38.0 Å². The van der Waals surface area contributed by atoms with Gasteiger partial charge in [-0.15, -0.1) is 0 Å². The van der Waals surface area contributed by atoms with Crippen molar-refractivity contribution in [2.75, 3.05) is 13.7 Å². The number of rotatable bonds is 3. The van der Waals surface area contributed by atoms with Crippen LogP contribution < -0.4 is 14.9 Å². The number of aryl methyl sites for hydroxylation is 1. The number of hydrogen-bond acceptors (Lipinski definition) is 6. The molecule has 1 aliphatic heterocycles. The van der Waals surface area contributed by atoms with E-state index in [1.165, 1.54) is 12.1 Å². The van der Waals surface area contributed by atoms with Crippen LogP contribution in [0.5, 0.6) is 17.2 Å². The third kappa shape index (κ3) is 5.18. The van der Waals surface area contributed by atoms with Gasteiger partial charge in [-0.1, -0.05) is 24.3 Å². The number of allylic oxidation sites excluding steroid dienone is 1. The van der Waals surface area contributed by atoms with Crippen LogP contribution in [0.15, 0.2) is 63.3 Å². The number of aromatic hydroxyl groups is 1. The predicted molar refractivity (Wildman–Crippen MR) is 122 cm³/mol. The van der Waals surface area contributed by atoms with E-state index in [4.69, 9.17) is 19.0 Å². The highest BCUT2D eigenvalue weighted by Crippen LogP contribution is 2.37. The van der Waals surface area contributed by atoms with Crippen LogP contribution in [0.2, 0.25) is 0 Å². The Morgan fingerprint density at radius 1 is 1.19 bits per heavy atom. The zero-order chi connectivity index (χ0) is 23.3. The summed E-state index contributed by atoms with van der Waals surface area (Å²) in [5.74, 6) is 0.754. The Kier molecular flexibility index (Phi) is 7.00. The van der Waals surface area contributed by atoms with Crippen molar-refractivity contribution >= 4 is 23.0 Å². The Morgan fingerprint density at radius 2 is 1.94 bits per heavy atom. The normalized spacial score (nSPS) is 12.8. The Hall–Kier alpha value is -4.00. The lowest BCUT2D eigenvalue weighted by atomic mass is 10.0. The first-order valence-corrected chi connectivity index (χ1v) is 9.92. The molecule has 1 aliphatic rings. The van der Waals surface area contributed by atoms with Gasteiger partial charge < -0.3 is 24.1 Å². The molecule has 0 bridgehead atoms. The van der Waals surface area contributed by atoms with Crippen molar-refractivity contribution in [3.8, 4) is 17.2 Å². The van der Waals surface area contributed by atoms with E-state index in [-0.39, 0.29) is 16.6 Å². The van der Waals surface area contributed by atoms with Crippen LogP contribution in [0.4, 0.5) is 0 Å². The number of carboxylic acid groups (broad SMARTS) is 1. The molecule has 0 saturated carbocycles. The van der Waals surface area contributed by atoms with E-state index >= 15 is 0 Å². The molecule has 4 rings (SSSR count). The molecule has 7 heteroatoms. The lowest BCUT2D eigenvalue weighted by molar-refractivity contribution is -0.131. The predicted octanol–water partition coefficient (Wildman–Crippen LogP) is 4.48. The molecule has 166 valence electrons. The van der Waals surface area contributed by atoms with Gasteiger partial charge in [0.05, 0.1) is 7.11 Å². The maximum atomic E-state index is 12.0. The number of benzene rings is 2. The van der Waals surface area contributed by atoms with Crippen LogP contribution in [-0.2, 0) is 11.2 Å². The van der Waals surface area contributed by atoms with Crippen molar-refractivity contribution in [2.45, 2.75) is 20.3 Å². The number of aliphatic carboxylic acids is 1. The van der Waals surface area contributed by atoms with Crippen LogP contribution in [0, 0.1) is 6.92 Å². The van der Waals surface area contributed by atoms with Crippen molar-refractivity contribution in [1.82, 2.24) is 0 Å².